The molecule has 0 saturated heterocycles. The summed E-state index contributed by atoms with van der Waals surface area (Å²) in [6.45, 7) is 2.43. The minimum Gasteiger partial charge on any atom is -0.379 e. The van der Waals surface area contributed by atoms with Crippen LogP contribution >= 0.6 is 0 Å². The number of imidazole rings is 1. The van der Waals surface area contributed by atoms with E-state index in [1.807, 2.05) is 11.5 Å². The average molecular weight is 374 g/mol. The third-order valence-corrected chi connectivity index (χ3v) is 4.22. The Hall–Kier alpha value is -3.43. The second-order valence-electron chi connectivity index (χ2n) is 5.81. The van der Waals surface area contributed by atoms with Crippen molar-refractivity contribution in [1.82, 2.24) is 24.8 Å². The number of hydrogen-bond acceptors (Lipinski definition) is 6. The van der Waals surface area contributed by atoms with Crippen LogP contribution in [-0.2, 0) is 12.7 Å². The number of hydrogen-bond donors (Lipinski definition) is 1. The zero-order valence-corrected chi connectivity index (χ0v) is 14.0. The maximum atomic E-state index is 12.8. The summed E-state index contributed by atoms with van der Waals surface area (Å²) in [7, 11) is 0. The standard InChI is InChI=1S/C17H13F3N6O/c1-2-26-14-11(9-3-5-10(6-4-9)17(18,19)20)7-22-8-12(14)23-16(26)13-15(21)25-27-24-13/h3-8H,2H2,1H3,(H2,21,25). The molecule has 138 valence electrons. The topological polar surface area (TPSA) is 95.7 Å². The van der Waals surface area contributed by atoms with Gasteiger partial charge in [0.05, 0.1) is 17.3 Å². The van der Waals surface area contributed by atoms with Crippen molar-refractivity contribution in [3.05, 3.63) is 42.2 Å². The number of nitrogens with two attached hydrogens (primary N) is 1. The van der Waals surface area contributed by atoms with Gasteiger partial charge in [-0.2, -0.15) is 13.2 Å². The number of nitrogen functional groups attached to an aromatic ring is 1. The Morgan fingerprint density at radius 1 is 1.11 bits per heavy atom. The van der Waals surface area contributed by atoms with Gasteiger partial charge in [0.2, 0.25) is 0 Å². The van der Waals surface area contributed by atoms with Crippen LogP contribution in [-0.4, -0.2) is 24.8 Å². The van der Waals surface area contributed by atoms with Gasteiger partial charge < -0.3 is 10.3 Å². The van der Waals surface area contributed by atoms with E-state index in [0.29, 0.717) is 40.2 Å². The van der Waals surface area contributed by atoms with Crippen LogP contribution in [0.25, 0.3) is 33.7 Å². The van der Waals surface area contributed by atoms with E-state index in [9.17, 15) is 13.2 Å². The van der Waals surface area contributed by atoms with Crippen LogP contribution < -0.4 is 5.73 Å². The fourth-order valence-electron chi connectivity index (χ4n) is 2.98. The zero-order chi connectivity index (χ0) is 19.2. The number of pyridine rings is 1. The molecule has 0 aliphatic heterocycles. The van der Waals surface area contributed by atoms with E-state index in [1.165, 1.54) is 12.1 Å². The number of aromatic nitrogens is 5. The van der Waals surface area contributed by atoms with Crippen molar-refractivity contribution in [2.75, 3.05) is 5.73 Å². The van der Waals surface area contributed by atoms with Gasteiger partial charge in [-0.3, -0.25) is 4.98 Å². The number of anilines is 1. The molecule has 4 aromatic rings. The van der Waals surface area contributed by atoms with Gasteiger partial charge in [0.1, 0.15) is 5.52 Å². The lowest BCUT2D eigenvalue weighted by atomic mass is 10.0. The predicted molar refractivity (Wildman–Crippen MR) is 91.3 cm³/mol. The third kappa shape index (κ3) is 2.78. The van der Waals surface area contributed by atoms with Gasteiger partial charge >= 0.3 is 6.18 Å². The fourth-order valence-corrected chi connectivity index (χ4v) is 2.98. The summed E-state index contributed by atoms with van der Waals surface area (Å²) in [6.07, 6.45) is -1.23. The van der Waals surface area contributed by atoms with Gasteiger partial charge in [-0.1, -0.05) is 12.1 Å². The average Bonchev–Trinajstić information content (AvgIpc) is 3.23. The van der Waals surface area contributed by atoms with Crippen LogP contribution in [0.4, 0.5) is 19.0 Å². The highest BCUT2D eigenvalue weighted by molar-refractivity contribution is 5.93. The van der Waals surface area contributed by atoms with Crippen LogP contribution in [0.15, 0.2) is 41.3 Å². The van der Waals surface area contributed by atoms with Crippen LogP contribution in [0.3, 0.4) is 0 Å². The molecule has 0 amide bonds. The van der Waals surface area contributed by atoms with Gasteiger partial charge in [-0.05, 0) is 34.9 Å². The number of benzene rings is 1. The molecule has 0 aliphatic carbocycles. The van der Waals surface area contributed by atoms with Gasteiger partial charge in [0.15, 0.2) is 17.3 Å². The van der Waals surface area contributed by atoms with E-state index in [1.54, 1.807) is 12.4 Å². The van der Waals surface area contributed by atoms with Gasteiger partial charge in [0.25, 0.3) is 0 Å². The first-order valence-corrected chi connectivity index (χ1v) is 8.00. The van der Waals surface area contributed by atoms with Gasteiger partial charge in [0, 0.05) is 18.3 Å². The molecule has 0 unspecified atom stereocenters. The molecule has 27 heavy (non-hydrogen) atoms. The highest BCUT2D eigenvalue weighted by Crippen LogP contribution is 2.35. The Bertz CT molecular complexity index is 1110. The lowest BCUT2D eigenvalue weighted by Crippen LogP contribution is -2.04. The van der Waals surface area contributed by atoms with E-state index < -0.39 is 11.7 Å². The van der Waals surface area contributed by atoms with Crippen molar-refractivity contribution in [1.29, 1.82) is 0 Å². The first-order chi connectivity index (χ1) is 12.9. The predicted octanol–water partition coefficient (Wildman–Crippen LogP) is 3.77. The first-order valence-electron chi connectivity index (χ1n) is 8.00. The highest BCUT2D eigenvalue weighted by Gasteiger charge is 2.30. The summed E-state index contributed by atoms with van der Waals surface area (Å²) in [5.41, 5.74) is 7.88. The summed E-state index contributed by atoms with van der Waals surface area (Å²) in [6, 6.07) is 4.92. The maximum Gasteiger partial charge on any atom is 0.416 e. The minimum atomic E-state index is -4.39. The molecular formula is C17H13F3N6O. The number of rotatable bonds is 3. The van der Waals surface area contributed by atoms with E-state index >= 15 is 0 Å². The van der Waals surface area contributed by atoms with Crippen molar-refractivity contribution < 1.29 is 17.8 Å². The van der Waals surface area contributed by atoms with E-state index in [0.717, 1.165) is 12.1 Å². The van der Waals surface area contributed by atoms with Gasteiger partial charge in [-0.25, -0.2) is 9.61 Å². The molecule has 0 saturated carbocycles. The second kappa shape index (κ2) is 6.08. The monoisotopic (exact) mass is 374 g/mol. The Kier molecular flexibility index (Phi) is 3.83. The van der Waals surface area contributed by atoms with E-state index in [-0.39, 0.29) is 5.82 Å². The van der Waals surface area contributed by atoms with Gasteiger partial charge in [-0.15, -0.1) is 0 Å². The van der Waals surface area contributed by atoms with Crippen LogP contribution in [0.1, 0.15) is 12.5 Å². The Morgan fingerprint density at radius 3 is 2.44 bits per heavy atom. The molecule has 4 rings (SSSR count). The fraction of sp³-hybridized carbons (Fsp3) is 0.176. The van der Waals surface area contributed by atoms with Crippen LogP contribution in [0.5, 0.6) is 0 Å². The lowest BCUT2D eigenvalue weighted by Gasteiger charge is -2.10. The quantitative estimate of drug-likeness (QED) is 0.586. The second-order valence-corrected chi connectivity index (χ2v) is 5.81. The number of fused-ring (bicyclic) bond motifs is 1. The van der Waals surface area contributed by atoms with Crippen LogP contribution in [0.2, 0.25) is 0 Å². The summed E-state index contributed by atoms with van der Waals surface area (Å²) >= 11 is 0. The Balaban J connectivity index is 1.92. The van der Waals surface area contributed by atoms with E-state index in [2.05, 4.69) is 24.9 Å². The summed E-state index contributed by atoms with van der Waals surface area (Å²) in [5, 5.41) is 7.36. The Labute approximate surface area is 150 Å². The molecule has 10 heteroatoms. The normalized spacial score (nSPS) is 12.0. The van der Waals surface area contributed by atoms with Crippen molar-refractivity contribution >= 4 is 16.9 Å². The van der Waals surface area contributed by atoms with E-state index in [4.69, 9.17) is 5.73 Å². The molecular weight excluding hydrogens is 361 g/mol. The van der Waals surface area contributed by atoms with Crippen molar-refractivity contribution in [2.24, 2.45) is 0 Å². The molecule has 3 aromatic heterocycles. The largest absolute Gasteiger partial charge is 0.416 e. The molecule has 0 aliphatic rings. The van der Waals surface area contributed by atoms with Crippen molar-refractivity contribution in [3.8, 4) is 22.6 Å². The van der Waals surface area contributed by atoms with Crippen molar-refractivity contribution in [3.63, 3.8) is 0 Å². The summed E-state index contributed by atoms with van der Waals surface area (Å²) < 4.78 is 45.0. The molecule has 0 spiro atoms. The molecule has 3 heterocycles. The smallest absolute Gasteiger partial charge is 0.379 e. The number of nitrogens with zero attached hydrogens (tertiary/aromatic N) is 5. The molecule has 0 fully saturated rings. The molecule has 0 bridgehead atoms. The minimum absolute atomic E-state index is 0.101. The molecule has 1 aromatic carbocycles. The maximum absolute atomic E-state index is 12.8. The third-order valence-electron chi connectivity index (χ3n) is 4.22. The highest BCUT2D eigenvalue weighted by atomic mass is 19.4. The number of alkyl halides is 3. The zero-order valence-electron chi connectivity index (χ0n) is 14.0. The van der Waals surface area contributed by atoms with Crippen molar-refractivity contribution in [2.45, 2.75) is 19.6 Å². The number of aryl methyl sites for hydroxylation is 1. The molecule has 7 nitrogen and oxygen atoms in total. The summed E-state index contributed by atoms with van der Waals surface area (Å²) in [4.78, 5) is 8.67. The molecule has 0 atom stereocenters. The molecule has 0 radical (unpaired) electrons. The lowest BCUT2D eigenvalue weighted by molar-refractivity contribution is -0.137. The number of halogens is 3. The molecule has 2 N–H and O–H groups in total. The van der Waals surface area contributed by atoms with Crippen LogP contribution in [0, 0.1) is 0 Å². The first kappa shape index (κ1) is 17.0. The SMILES string of the molecule is CCn1c(-c2nonc2N)nc2cncc(-c3ccc(C(F)(F)F)cc3)c21. The summed E-state index contributed by atoms with van der Waals surface area (Å²) in [5.74, 6) is 0.552. The Morgan fingerprint density at radius 2 is 1.85 bits per heavy atom.